The lowest BCUT2D eigenvalue weighted by atomic mass is 9.79. The van der Waals surface area contributed by atoms with Crippen LogP contribution in [-0.4, -0.2) is 95.4 Å². The molecule has 0 saturated carbocycles. The van der Waals surface area contributed by atoms with Gasteiger partial charge in [-0.1, -0.05) is 26.0 Å². The van der Waals surface area contributed by atoms with E-state index in [1.54, 1.807) is 23.1 Å². The van der Waals surface area contributed by atoms with Gasteiger partial charge in [-0.05, 0) is 30.0 Å². The summed E-state index contributed by atoms with van der Waals surface area (Å²) in [5.41, 5.74) is 0.0952. The molecule has 2 aromatic rings. The fraction of sp³-hybridized carbons (Fsp3) is 0.464. The molecule has 4 aliphatic heterocycles. The van der Waals surface area contributed by atoms with Crippen LogP contribution in [0.3, 0.4) is 0 Å². The lowest BCUT2D eigenvalue weighted by molar-refractivity contribution is 0.00611. The predicted molar refractivity (Wildman–Crippen MR) is 152 cm³/mol. The Kier molecular flexibility index (Phi) is 6.60. The number of fused-ring (bicyclic) bond motifs is 1. The highest BCUT2D eigenvalue weighted by Crippen LogP contribution is 2.41. The molecule has 3 saturated heterocycles. The van der Waals surface area contributed by atoms with Crippen molar-refractivity contribution in [1.29, 1.82) is 10.8 Å². The number of benzene rings is 1. The summed E-state index contributed by atoms with van der Waals surface area (Å²) < 4.78 is 11.0. The van der Waals surface area contributed by atoms with Crippen molar-refractivity contribution in [2.24, 2.45) is 0 Å². The second kappa shape index (κ2) is 10.0. The third kappa shape index (κ3) is 4.33. The van der Waals surface area contributed by atoms with Gasteiger partial charge in [0, 0.05) is 18.7 Å². The quantitative estimate of drug-likeness (QED) is 0.221. The largest absolute Gasteiger partial charge is 0.495 e. The number of hydrogen-bond acceptors (Lipinski definition) is 8. The number of pyridine rings is 1. The first-order valence-corrected chi connectivity index (χ1v) is 13.8. The minimum absolute atomic E-state index is 0.00459. The average molecular weight is 578 g/mol. The van der Waals surface area contributed by atoms with E-state index in [0.717, 1.165) is 12.0 Å². The van der Waals surface area contributed by atoms with Crippen LogP contribution in [0.15, 0.2) is 36.5 Å². The highest BCUT2D eigenvalue weighted by atomic mass is 16.5. The van der Waals surface area contributed by atoms with Crippen molar-refractivity contribution >= 4 is 23.7 Å². The van der Waals surface area contributed by atoms with Crippen LogP contribution in [0.5, 0.6) is 11.5 Å². The number of methoxy groups -OCH3 is 1. The number of nitrogens with one attached hydrogen (secondary N) is 7. The van der Waals surface area contributed by atoms with Crippen LogP contribution >= 0.6 is 0 Å². The molecular weight excluding hydrogens is 542 g/mol. The Bertz CT molecular complexity index is 1450. The molecule has 0 aliphatic carbocycles. The lowest BCUT2D eigenvalue weighted by Crippen LogP contribution is -2.78. The summed E-state index contributed by atoms with van der Waals surface area (Å²) in [7, 11) is 1.51. The second-order valence-electron chi connectivity index (χ2n) is 11.6. The number of nitrogens with zero attached hydrogens (tertiary/aromatic N) is 2. The van der Waals surface area contributed by atoms with E-state index in [1.165, 1.54) is 13.3 Å². The van der Waals surface area contributed by atoms with Crippen LogP contribution in [0.2, 0.25) is 0 Å². The molecule has 2 amide bonds. The Morgan fingerprint density at radius 2 is 2.02 bits per heavy atom. The maximum Gasteiger partial charge on any atom is 0.269 e. The van der Waals surface area contributed by atoms with E-state index in [2.05, 4.69) is 45.4 Å². The third-order valence-corrected chi connectivity index (χ3v) is 8.72. The number of rotatable bonds is 6. The molecule has 42 heavy (non-hydrogen) atoms. The summed E-state index contributed by atoms with van der Waals surface area (Å²) >= 11 is 0. The van der Waals surface area contributed by atoms with Gasteiger partial charge in [-0.3, -0.25) is 20.4 Å². The summed E-state index contributed by atoms with van der Waals surface area (Å²) in [4.78, 5) is 32.1. The number of hydrogen-bond donors (Lipinski definition) is 8. The number of ether oxygens (including phenoxy) is 2. The number of aliphatic hydroxyl groups excluding tert-OH is 1. The molecule has 5 atom stereocenters. The second-order valence-corrected chi connectivity index (χ2v) is 11.6. The first-order valence-electron chi connectivity index (χ1n) is 13.8. The van der Waals surface area contributed by atoms with E-state index in [-0.39, 0.29) is 36.1 Å². The van der Waals surface area contributed by atoms with Gasteiger partial charge in [0.15, 0.2) is 17.6 Å². The van der Waals surface area contributed by atoms with Crippen molar-refractivity contribution in [3.63, 3.8) is 0 Å². The van der Waals surface area contributed by atoms with Crippen LogP contribution in [0.25, 0.3) is 0 Å². The minimum Gasteiger partial charge on any atom is -0.495 e. The number of amides is 2. The fourth-order valence-electron chi connectivity index (χ4n) is 6.42. The Hall–Kier alpha value is -4.59. The van der Waals surface area contributed by atoms with Gasteiger partial charge in [-0.15, -0.1) is 0 Å². The maximum absolute atomic E-state index is 13.6. The zero-order valence-electron chi connectivity index (χ0n) is 23.6. The number of para-hydroxylation sites is 1. The molecule has 4 aliphatic rings. The van der Waals surface area contributed by atoms with Crippen molar-refractivity contribution < 1.29 is 24.2 Å². The maximum atomic E-state index is 13.6. The SMILES string of the molecule is COc1ccc(C(=O)NC[C@@H]2NC(=N)N3CC(NC(=O)c4cccc5c4OCCC5(C)C)[C@@H](O)C34NC(=N)N[C@@H]24)nc1. The molecule has 2 unspecified atom stereocenters. The van der Waals surface area contributed by atoms with Gasteiger partial charge in [0.1, 0.15) is 23.3 Å². The van der Waals surface area contributed by atoms with Crippen molar-refractivity contribution in [3.05, 3.63) is 53.3 Å². The minimum atomic E-state index is -1.31. The van der Waals surface area contributed by atoms with Gasteiger partial charge in [0.2, 0.25) is 0 Å². The van der Waals surface area contributed by atoms with Gasteiger partial charge in [0.05, 0.1) is 43.6 Å². The molecule has 6 rings (SSSR count). The first-order chi connectivity index (χ1) is 20.0. The van der Waals surface area contributed by atoms with E-state index in [0.29, 0.717) is 23.7 Å². The molecule has 14 heteroatoms. The van der Waals surface area contributed by atoms with Crippen molar-refractivity contribution in [1.82, 2.24) is 36.5 Å². The monoisotopic (exact) mass is 577 g/mol. The van der Waals surface area contributed by atoms with Crippen molar-refractivity contribution in [2.75, 3.05) is 26.8 Å². The standard InChI is InChI=1S/C28H35N9O5/c1-27(2)9-10-42-20-15(5-4-6-16(20)27)23(39)33-19-13-37-26(30)34-18(21-28(37,22(19)38)36-25(29)35-21)12-32-24(40)17-8-7-14(41-3)11-31-17/h4-8,11,18-19,21-22,38H,9-10,12-13H2,1-3H3,(H2,30,34)(H,32,40)(H,33,39)(H3,29,35,36)/t18-,19?,21-,22+,28?/m0/s1. The summed E-state index contributed by atoms with van der Waals surface area (Å²) in [5.74, 6) is 0.223. The lowest BCUT2D eigenvalue weighted by Gasteiger charge is -2.49. The van der Waals surface area contributed by atoms with E-state index in [1.807, 2.05) is 12.1 Å². The molecule has 14 nitrogen and oxygen atoms in total. The molecule has 0 bridgehead atoms. The Balaban J connectivity index is 1.20. The van der Waals surface area contributed by atoms with E-state index in [9.17, 15) is 14.7 Å². The Labute approximate surface area is 242 Å². The van der Waals surface area contributed by atoms with Crippen molar-refractivity contribution in [3.8, 4) is 11.5 Å². The molecule has 3 fully saturated rings. The number of aliphatic hydroxyl groups is 1. The van der Waals surface area contributed by atoms with Crippen LogP contribution in [0.1, 0.15) is 46.7 Å². The summed E-state index contributed by atoms with van der Waals surface area (Å²) in [6.45, 7) is 4.93. The Morgan fingerprint density at radius 1 is 1.21 bits per heavy atom. The molecule has 1 aromatic carbocycles. The predicted octanol–water partition coefficient (Wildman–Crippen LogP) is -0.546. The number of carbonyl (C=O) groups excluding carboxylic acids is 2. The molecular formula is C28H35N9O5. The third-order valence-electron chi connectivity index (χ3n) is 8.72. The van der Waals surface area contributed by atoms with Crippen LogP contribution in [-0.2, 0) is 5.41 Å². The van der Waals surface area contributed by atoms with Gasteiger partial charge in [0.25, 0.3) is 11.8 Å². The van der Waals surface area contributed by atoms with Crippen LogP contribution in [0.4, 0.5) is 0 Å². The van der Waals surface area contributed by atoms with Gasteiger partial charge >= 0.3 is 0 Å². The summed E-state index contributed by atoms with van der Waals surface area (Å²) in [6, 6.07) is 6.70. The van der Waals surface area contributed by atoms with Gasteiger partial charge < -0.3 is 46.1 Å². The first kappa shape index (κ1) is 27.6. The number of carbonyl (C=O) groups is 2. The normalized spacial score (nSPS) is 28.6. The van der Waals surface area contributed by atoms with E-state index >= 15 is 0 Å². The molecule has 8 N–H and O–H groups in total. The zero-order chi connectivity index (χ0) is 29.8. The van der Waals surface area contributed by atoms with Gasteiger partial charge in [-0.25, -0.2) is 4.98 Å². The van der Waals surface area contributed by atoms with E-state index in [4.69, 9.17) is 20.3 Å². The summed E-state index contributed by atoms with van der Waals surface area (Å²) in [6.07, 6.45) is 1.08. The number of guanidine groups is 2. The fourth-order valence-corrected chi connectivity index (χ4v) is 6.42. The molecule has 5 heterocycles. The topological polar surface area (TPSA) is 197 Å². The highest BCUT2D eigenvalue weighted by molar-refractivity contribution is 5.98. The zero-order valence-corrected chi connectivity index (χ0v) is 23.6. The molecule has 222 valence electrons. The van der Waals surface area contributed by atoms with Crippen molar-refractivity contribution in [2.45, 2.75) is 55.6 Å². The van der Waals surface area contributed by atoms with Crippen LogP contribution < -0.4 is 36.1 Å². The van der Waals surface area contributed by atoms with E-state index < -0.39 is 41.7 Å². The number of aromatic nitrogens is 1. The molecule has 0 radical (unpaired) electrons. The van der Waals surface area contributed by atoms with Gasteiger partial charge in [-0.2, -0.15) is 0 Å². The summed E-state index contributed by atoms with van der Waals surface area (Å²) in [5, 5.41) is 43.7. The average Bonchev–Trinajstić information content (AvgIpc) is 3.47. The smallest absolute Gasteiger partial charge is 0.269 e. The molecule has 1 aromatic heterocycles. The van der Waals surface area contributed by atoms with Crippen LogP contribution in [0, 0.1) is 10.8 Å². The Morgan fingerprint density at radius 3 is 2.76 bits per heavy atom. The highest BCUT2D eigenvalue weighted by Gasteiger charge is 2.66. The molecule has 1 spiro atoms.